The lowest BCUT2D eigenvalue weighted by atomic mass is 9.80. The summed E-state index contributed by atoms with van der Waals surface area (Å²) in [6, 6.07) is 0.391. The van der Waals surface area contributed by atoms with Crippen molar-refractivity contribution in [3.63, 3.8) is 0 Å². The minimum Gasteiger partial charge on any atom is -0.382 e. The molecule has 1 atom stereocenters. The van der Waals surface area contributed by atoms with Gasteiger partial charge in [0.15, 0.2) is 0 Å². The second kappa shape index (κ2) is 8.03. The summed E-state index contributed by atoms with van der Waals surface area (Å²) < 4.78 is 10.0. The van der Waals surface area contributed by atoms with Gasteiger partial charge in [-0.2, -0.15) is 0 Å². The minimum absolute atomic E-state index is 0.391. The standard InChI is InChI=1S/C13H27NO3/c1-10(2)11-4-6-12(7-5-11)14-13(15)17-9-8-16-3/h10-15H,4-9H2,1-3H3. The topological polar surface area (TPSA) is 50.7 Å². The first-order chi connectivity index (χ1) is 8.13. The van der Waals surface area contributed by atoms with Crippen LogP contribution in [0.1, 0.15) is 39.5 Å². The molecule has 2 N–H and O–H groups in total. The van der Waals surface area contributed by atoms with Crippen LogP contribution in [0.4, 0.5) is 0 Å². The Bertz CT molecular complexity index is 191. The molecular weight excluding hydrogens is 218 g/mol. The molecule has 0 aromatic heterocycles. The van der Waals surface area contributed by atoms with Crippen LogP contribution in [0.2, 0.25) is 0 Å². The molecule has 1 unspecified atom stereocenters. The lowest BCUT2D eigenvalue weighted by Crippen LogP contribution is -2.42. The lowest BCUT2D eigenvalue weighted by Gasteiger charge is -2.32. The monoisotopic (exact) mass is 245 g/mol. The fraction of sp³-hybridized carbons (Fsp3) is 1.00. The summed E-state index contributed by atoms with van der Waals surface area (Å²) in [5.41, 5.74) is 0. The summed E-state index contributed by atoms with van der Waals surface area (Å²) in [5, 5.41) is 12.7. The number of methoxy groups -OCH3 is 1. The molecule has 4 heteroatoms. The number of nitrogens with one attached hydrogen (secondary N) is 1. The third-order valence-corrected chi connectivity index (χ3v) is 3.66. The molecule has 102 valence electrons. The van der Waals surface area contributed by atoms with Crippen molar-refractivity contribution in [2.24, 2.45) is 11.8 Å². The normalized spacial score (nSPS) is 27.4. The maximum atomic E-state index is 9.61. The molecule has 0 aromatic rings. The molecule has 1 saturated carbocycles. The molecule has 1 aliphatic carbocycles. The molecule has 0 saturated heterocycles. The average molecular weight is 245 g/mol. The molecule has 0 bridgehead atoms. The van der Waals surface area contributed by atoms with E-state index in [-0.39, 0.29) is 0 Å². The van der Waals surface area contributed by atoms with Gasteiger partial charge in [0.05, 0.1) is 13.2 Å². The van der Waals surface area contributed by atoms with Crippen LogP contribution < -0.4 is 5.32 Å². The Labute approximate surface area is 105 Å². The van der Waals surface area contributed by atoms with E-state index in [0.717, 1.165) is 24.7 Å². The van der Waals surface area contributed by atoms with Crippen LogP contribution in [-0.2, 0) is 9.47 Å². The summed E-state index contributed by atoms with van der Waals surface area (Å²) >= 11 is 0. The van der Waals surface area contributed by atoms with Crippen LogP contribution in [0.5, 0.6) is 0 Å². The number of rotatable bonds is 7. The highest BCUT2D eigenvalue weighted by Gasteiger charge is 2.24. The highest BCUT2D eigenvalue weighted by molar-refractivity contribution is 4.78. The van der Waals surface area contributed by atoms with E-state index in [4.69, 9.17) is 9.47 Å². The van der Waals surface area contributed by atoms with Crippen molar-refractivity contribution in [2.45, 2.75) is 52.0 Å². The fourth-order valence-corrected chi connectivity index (χ4v) is 2.45. The molecule has 0 heterocycles. The summed E-state index contributed by atoms with van der Waals surface area (Å²) in [6.07, 6.45) is 3.91. The highest BCUT2D eigenvalue weighted by atomic mass is 16.6. The van der Waals surface area contributed by atoms with Gasteiger partial charge in [-0.15, -0.1) is 0 Å². The predicted molar refractivity (Wildman–Crippen MR) is 67.6 cm³/mol. The zero-order valence-electron chi connectivity index (χ0n) is 11.3. The SMILES string of the molecule is COCCOC(O)NC1CCC(C(C)C)CC1. The van der Waals surface area contributed by atoms with E-state index < -0.39 is 6.41 Å². The first-order valence-electron chi connectivity index (χ1n) is 6.68. The van der Waals surface area contributed by atoms with Gasteiger partial charge in [0.25, 0.3) is 0 Å². The number of aliphatic hydroxyl groups is 1. The Balaban J connectivity index is 2.12. The van der Waals surface area contributed by atoms with Gasteiger partial charge in [-0.05, 0) is 37.5 Å². The van der Waals surface area contributed by atoms with Crippen LogP contribution in [0.3, 0.4) is 0 Å². The van der Waals surface area contributed by atoms with Gasteiger partial charge >= 0.3 is 0 Å². The number of hydrogen-bond donors (Lipinski definition) is 2. The fourth-order valence-electron chi connectivity index (χ4n) is 2.45. The summed E-state index contributed by atoms with van der Waals surface area (Å²) in [6.45, 7) is 5.52. The van der Waals surface area contributed by atoms with Crippen molar-refractivity contribution >= 4 is 0 Å². The predicted octanol–water partition coefficient (Wildman–Crippen LogP) is 1.73. The van der Waals surface area contributed by atoms with E-state index in [0.29, 0.717) is 19.3 Å². The molecule has 0 aromatic carbocycles. The second-order valence-electron chi connectivity index (χ2n) is 5.24. The van der Waals surface area contributed by atoms with Gasteiger partial charge in [0.2, 0.25) is 6.41 Å². The highest BCUT2D eigenvalue weighted by Crippen LogP contribution is 2.29. The molecule has 1 fully saturated rings. The first kappa shape index (κ1) is 14.9. The second-order valence-corrected chi connectivity index (χ2v) is 5.24. The van der Waals surface area contributed by atoms with Crippen molar-refractivity contribution < 1.29 is 14.6 Å². The van der Waals surface area contributed by atoms with E-state index in [1.807, 2.05) is 0 Å². The summed E-state index contributed by atoms with van der Waals surface area (Å²) in [5.74, 6) is 1.62. The van der Waals surface area contributed by atoms with Gasteiger partial charge in [0.1, 0.15) is 0 Å². The van der Waals surface area contributed by atoms with E-state index in [9.17, 15) is 5.11 Å². The third-order valence-electron chi connectivity index (χ3n) is 3.66. The van der Waals surface area contributed by atoms with Crippen LogP contribution in [-0.4, -0.2) is 37.9 Å². The summed E-state index contributed by atoms with van der Waals surface area (Å²) in [7, 11) is 1.62. The van der Waals surface area contributed by atoms with Gasteiger partial charge in [0, 0.05) is 13.2 Å². The van der Waals surface area contributed by atoms with Crippen molar-refractivity contribution in [2.75, 3.05) is 20.3 Å². The van der Waals surface area contributed by atoms with Crippen molar-refractivity contribution in [1.29, 1.82) is 0 Å². The summed E-state index contributed by atoms with van der Waals surface area (Å²) in [4.78, 5) is 0. The average Bonchev–Trinajstić information content (AvgIpc) is 2.30. The smallest absolute Gasteiger partial charge is 0.213 e. The van der Waals surface area contributed by atoms with Crippen molar-refractivity contribution in [3.8, 4) is 0 Å². The molecule has 4 nitrogen and oxygen atoms in total. The van der Waals surface area contributed by atoms with Gasteiger partial charge in [-0.3, -0.25) is 5.32 Å². The maximum absolute atomic E-state index is 9.61. The van der Waals surface area contributed by atoms with Crippen LogP contribution in [0, 0.1) is 11.8 Å². The molecular formula is C13H27NO3. The lowest BCUT2D eigenvalue weighted by molar-refractivity contribution is -0.136. The Morgan fingerprint density at radius 2 is 1.82 bits per heavy atom. The Morgan fingerprint density at radius 1 is 1.18 bits per heavy atom. The zero-order valence-corrected chi connectivity index (χ0v) is 11.3. The van der Waals surface area contributed by atoms with E-state index in [1.54, 1.807) is 7.11 Å². The van der Waals surface area contributed by atoms with Gasteiger partial charge in [-0.25, -0.2) is 0 Å². The molecule has 0 aliphatic heterocycles. The molecule has 0 amide bonds. The van der Waals surface area contributed by atoms with Crippen molar-refractivity contribution in [3.05, 3.63) is 0 Å². The Kier molecular flexibility index (Phi) is 7.04. The van der Waals surface area contributed by atoms with E-state index >= 15 is 0 Å². The number of aliphatic hydroxyl groups excluding tert-OH is 1. The first-order valence-corrected chi connectivity index (χ1v) is 6.68. The third kappa shape index (κ3) is 5.82. The number of hydrogen-bond acceptors (Lipinski definition) is 4. The van der Waals surface area contributed by atoms with Crippen molar-refractivity contribution in [1.82, 2.24) is 5.32 Å². The Morgan fingerprint density at radius 3 is 2.35 bits per heavy atom. The zero-order chi connectivity index (χ0) is 12.7. The molecule has 17 heavy (non-hydrogen) atoms. The van der Waals surface area contributed by atoms with Crippen LogP contribution in [0.25, 0.3) is 0 Å². The quantitative estimate of drug-likeness (QED) is 0.530. The molecule has 0 radical (unpaired) electrons. The van der Waals surface area contributed by atoms with Gasteiger partial charge in [-0.1, -0.05) is 13.8 Å². The number of ether oxygens (including phenoxy) is 2. The van der Waals surface area contributed by atoms with E-state index in [2.05, 4.69) is 19.2 Å². The van der Waals surface area contributed by atoms with Gasteiger partial charge < -0.3 is 14.6 Å². The minimum atomic E-state index is -0.856. The molecule has 1 rings (SSSR count). The maximum Gasteiger partial charge on any atom is 0.213 e. The van der Waals surface area contributed by atoms with Crippen LogP contribution in [0.15, 0.2) is 0 Å². The largest absolute Gasteiger partial charge is 0.382 e. The molecule has 1 aliphatic rings. The molecule has 0 spiro atoms. The Hall–Kier alpha value is -0.160. The van der Waals surface area contributed by atoms with Crippen LogP contribution >= 0.6 is 0 Å². The van der Waals surface area contributed by atoms with E-state index in [1.165, 1.54) is 12.8 Å².